The average Bonchev–Trinajstić information content (AvgIpc) is 3.17. The number of hydrogen-bond acceptors (Lipinski definition) is 6. The topological polar surface area (TPSA) is 96.3 Å². The van der Waals surface area contributed by atoms with Crippen molar-refractivity contribution in [3.63, 3.8) is 0 Å². The monoisotopic (exact) mass is 304 g/mol. The molecule has 1 amide bonds. The van der Waals surface area contributed by atoms with Crippen molar-refractivity contribution in [3.8, 4) is 10.7 Å². The molecule has 2 aromatic rings. The zero-order valence-corrected chi connectivity index (χ0v) is 11.8. The molecule has 1 saturated heterocycles. The number of carbonyl (C=O) groups excluding carboxylic acids is 1. The van der Waals surface area contributed by atoms with Crippen LogP contribution >= 0.6 is 11.3 Å². The Bertz CT molecular complexity index is 673. The Morgan fingerprint density at radius 2 is 2.24 bits per heavy atom. The smallest absolute Gasteiger partial charge is 0.326 e. The molecule has 1 fully saturated rings. The zero-order chi connectivity index (χ0) is 14.8. The molecule has 0 unspecified atom stereocenters. The van der Waals surface area contributed by atoms with Crippen LogP contribution in [0.25, 0.3) is 10.7 Å². The van der Waals surface area contributed by atoms with E-state index in [1.54, 1.807) is 24.0 Å². The van der Waals surface area contributed by atoms with Crippen LogP contribution in [0.1, 0.15) is 23.3 Å². The third-order valence-electron chi connectivity index (χ3n) is 3.30. The van der Waals surface area contributed by atoms with E-state index in [9.17, 15) is 9.59 Å². The first-order chi connectivity index (χ1) is 10.2. The average molecular weight is 304 g/mol. The molecule has 3 rings (SSSR count). The van der Waals surface area contributed by atoms with Crippen molar-refractivity contribution < 1.29 is 14.7 Å². The molecule has 3 heterocycles. The van der Waals surface area contributed by atoms with Gasteiger partial charge in [-0.15, -0.1) is 11.3 Å². The van der Waals surface area contributed by atoms with E-state index >= 15 is 0 Å². The first-order valence-electron chi connectivity index (χ1n) is 6.42. The van der Waals surface area contributed by atoms with Gasteiger partial charge in [-0.2, -0.15) is 0 Å². The molecule has 0 spiro atoms. The van der Waals surface area contributed by atoms with Crippen molar-refractivity contribution in [1.82, 2.24) is 19.9 Å². The van der Waals surface area contributed by atoms with Gasteiger partial charge < -0.3 is 10.0 Å². The van der Waals surface area contributed by atoms with Crippen LogP contribution in [0.3, 0.4) is 0 Å². The van der Waals surface area contributed by atoms with Gasteiger partial charge in [0.25, 0.3) is 5.91 Å². The molecule has 0 bridgehead atoms. The van der Waals surface area contributed by atoms with E-state index in [1.807, 2.05) is 0 Å². The summed E-state index contributed by atoms with van der Waals surface area (Å²) in [7, 11) is 0. The highest BCUT2D eigenvalue weighted by Crippen LogP contribution is 2.24. The molecule has 1 N–H and O–H groups in total. The van der Waals surface area contributed by atoms with Gasteiger partial charge >= 0.3 is 5.97 Å². The maximum Gasteiger partial charge on any atom is 0.326 e. The molecule has 0 saturated carbocycles. The summed E-state index contributed by atoms with van der Waals surface area (Å²) in [6.45, 7) is 0.452. The SMILES string of the molecule is O=C(O)[C@H]1CCCN1C(=O)c1csc(-c2cnccn2)n1. The van der Waals surface area contributed by atoms with Gasteiger partial charge in [0, 0.05) is 24.3 Å². The Hall–Kier alpha value is -2.35. The zero-order valence-electron chi connectivity index (χ0n) is 11.0. The summed E-state index contributed by atoms with van der Waals surface area (Å²) in [5.74, 6) is -1.31. The second-order valence-electron chi connectivity index (χ2n) is 4.62. The second-order valence-corrected chi connectivity index (χ2v) is 5.48. The van der Waals surface area contributed by atoms with Crippen LogP contribution in [0.15, 0.2) is 24.0 Å². The summed E-state index contributed by atoms with van der Waals surface area (Å²) in [6.07, 6.45) is 5.87. The highest BCUT2D eigenvalue weighted by atomic mass is 32.1. The van der Waals surface area contributed by atoms with Crippen molar-refractivity contribution in [2.45, 2.75) is 18.9 Å². The Balaban J connectivity index is 1.83. The Labute approximate surface area is 124 Å². The number of amides is 1. The van der Waals surface area contributed by atoms with Gasteiger partial charge in [-0.3, -0.25) is 14.8 Å². The fourth-order valence-corrected chi connectivity index (χ4v) is 3.07. The summed E-state index contributed by atoms with van der Waals surface area (Å²) in [5, 5.41) is 11.4. The molecule has 0 radical (unpaired) electrons. The molecule has 7 nitrogen and oxygen atoms in total. The van der Waals surface area contributed by atoms with Crippen molar-refractivity contribution in [2.75, 3.05) is 6.54 Å². The molecule has 0 aliphatic carbocycles. The summed E-state index contributed by atoms with van der Waals surface area (Å²) >= 11 is 1.29. The number of aliphatic carboxylic acids is 1. The Kier molecular flexibility index (Phi) is 3.61. The predicted octanol–water partition coefficient (Wildman–Crippen LogP) is 1.29. The fraction of sp³-hybridized carbons (Fsp3) is 0.308. The van der Waals surface area contributed by atoms with Crippen LogP contribution in [-0.2, 0) is 4.79 Å². The minimum absolute atomic E-state index is 0.258. The van der Waals surface area contributed by atoms with E-state index in [0.717, 1.165) is 0 Å². The molecule has 0 aromatic carbocycles. The maximum absolute atomic E-state index is 12.4. The Morgan fingerprint density at radius 1 is 1.38 bits per heavy atom. The van der Waals surface area contributed by atoms with E-state index in [1.165, 1.54) is 16.2 Å². The van der Waals surface area contributed by atoms with E-state index < -0.39 is 12.0 Å². The van der Waals surface area contributed by atoms with Crippen molar-refractivity contribution in [2.24, 2.45) is 0 Å². The van der Waals surface area contributed by atoms with E-state index in [4.69, 9.17) is 5.11 Å². The normalized spacial score (nSPS) is 17.9. The number of thiazole rings is 1. The number of carbonyl (C=O) groups is 2. The van der Waals surface area contributed by atoms with Crippen molar-refractivity contribution in [1.29, 1.82) is 0 Å². The quantitative estimate of drug-likeness (QED) is 0.918. The number of rotatable bonds is 3. The molecule has 108 valence electrons. The number of aromatic nitrogens is 3. The lowest BCUT2D eigenvalue weighted by molar-refractivity contribution is -0.141. The van der Waals surface area contributed by atoms with Gasteiger partial charge in [0.2, 0.25) is 0 Å². The lowest BCUT2D eigenvalue weighted by atomic mass is 10.2. The molecule has 21 heavy (non-hydrogen) atoms. The highest BCUT2D eigenvalue weighted by Gasteiger charge is 2.35. The minimum Gasteiger partial charge on any atom is -0.480 e. The molecular formula is C13H12N4O3S. The van der Waals surface area contributed by atoms with Gasteiger partial charge in [-0.05, 0) is 12.8 Å². The molecule has 2 aromatic heterocycles. The number of carboxylic acid groups (broad SMARTS) is 1. The molecule has 1 aliphatic heterocycles. The van der Waals surface area contributed by atoms with Crippen LogP contribution in [-0.4, -0.2) is 49.4 Å². The predicted molar refractivity (Wildman–Crippen MR) is 74.8 cm³/mol. The lowest BCUT2D eigenvalue weighted by Crippen LogP contribution is -2.40. The van der Waals surface area contributed by atoms with Gasteiger partial charge in [-0.25, -0.2) is 9.78 Å². The van der Waals surface area contributed by atoms with Crippen molar-refractivity contribution in [3.05, 3.63) is 29.7 Å². The molecular weight excluding hydrogens is 292 g/mol. The summed E-state index contributed by atoms with van der Waals surface area (Å²) in [5.41, 5.74) is 0.853. The largest absolute Gasteiger partial charge is 0.480 e. The molecule has 8 heteroatoms. The van der Waals surface area contributed by atoms with Crippen LogP contribution in [0, 0.1) is 0 Å². The van der Waals surface area contributed by atoms with E-state index in [0.29, 0.717) is 30.1 Å². The first kappa shape index (κ1) is 13.6. The number of likely N-dealkylation sites (tertiary alicyclic amines) is 1. The van der Waals surface area contributed by atoms with Crippen LogP contribution in [0.5, 0.6) is 0 Å². The van der Waals surface area contributed by atoms with Gasteiger partial charge in [0.1, 0.15) is 22.4 Å². The number of hydrogen-bond donors (Lipinski definition) is 1. The molecule has 1 atom stereocenters. The maximum atomic E-state index is 12.4. The van der Waals surface area contributed by atoms with Crippen LogP contribution in [0.4, 0.5) is 0 Å². The minimum atomic E-state index is -0.967. The summed E-state index contributed by atoms with van der Waals surface area (Å²) in [4.78, 5) is 37.2. The van der Waals surface area contributed by atoms with E-state index in [2.05, 4.69) is 15.0 Å². The third kappa shape index (κ3) is 2.62. The van der Waals surface area contributed by atoms with Crippen LogP contribution in [0.2, 0.25) is 0 Å². The Morgan fingerprint density at radius 3 is 2.95 bits per heavy atom. The van der Waals surface area contributed by atoms with E-state index in [-0.39, 0.29) is 11.6 Å². The van der Waals surface area contributed by atoms with Gasteiger partial charge in [-0.1, -0.05) is 0 Å². The van der Waals surface area contributed by atoms with Gasteiger partial charge in [0.15, 0.2) is 0 Å². The number of carboxylic acids is 1. The second kappa shape index (κ2) is 5.57. The lowest BCUT2D eigenvalue weighted by Gasteiger charge is -2.20. The standard InChI is InChI=1S/C13H12N4O3S/c18-12(17-5-1-2-10(17)13(19)20)9-7-21-11(16-9)8-6-14-3-4-15-8/h3-4,6-7,10H,1-2,5H2,(H,19,20)/t10-/m1/s1. The highest BCUT2D eigenvalue weighted by molar-refractivity contribution is 7.13. The van der Waals surface area contributed by atoms with Crippen LogP contribution < -0.4 is 0 Å². The first-order valence-corrected chi connectivity index (χ1v) is 7.30. The third-order valence-corrected chi connectivity index (χ3v) is 4.17. The fourth-order valence-electron chi connectivity index (χ4n) is 2.31. The van der Waals surface area contributed by atoms with Gasteiger partial charge in [0.05, 0.1) is 6.20 Å². The van der Waals surface area contributed by atoms with Crippen molar-refractivity contribution >= 4 is 23.2 Å². The number of nitrogens with zero attached hydrogens (tertiary/aromatic N) is 4. The molecule has 1 aliphatic rings. The summed E-state index contributed by atoms with van der Waals surface area (Å²) in [6, 6.07) is -0.751. The summed E-state index contributed by atoms with van der Waals surface area (Å²) < 4.78 is 0.